The summed E-state index contributed by atoms with van der Waals surface area (Å²) >= 11 is 0. The molecule has 128 valence electrons. The van der Waals surface area contributed by atoms with Gasteiger partial charge in [0, 0.05) is 18.5 Å². The molecule has 4 nitrogen and oxygen atoms in total. The van der Waals surface area contributed by atoms with Gasteiger partial charge in [-0.2, -0.15) is 0 Å². The van der Waals surface area contributed by atoms with Crippen molar-refractivity contribution in [2.45, 2.75) is 90.9 Å². The van der Waals surface area contributed by atoms with E-state index in [0.717, 1.165) is 45.1 Å². The van der Waals surface area contributed by atoms with E-state index in [-0.39, 0.29) is 29.6 Å². The van der Waals surface area contributed by atoms with Crippen LogP contribution in [0.25, 0.3) is 0 Å². The third-order valence-electron chi connectivity index (χ3n) is 5.25. The molecule has 3 unspecified atom stereocenters. The predicted molar refractivity (Wildman–Crippen MR) is 87.7 cm³/mol. The maximum Gasteiger partial charge on any atom is 0.410 e. The predicted octanol–water partition coefficient (Wildman–Crippen LogP) is 3.96. The highest BCUT2D eigenvalue weighted by Gasteiger charge is 2.47. The van der Waals surface area contributed by atoms with Crippen molar-refractivity contribution in [1.82, 2.24) is 4.90 Å². The third-order valence-corrected chi connectivity index (χ3v) is 5.25. The van der Waals surface area contributed by atoms with E-state index in [0.29, 0.717) is 0 Å². The van der Waals surface area contributed by atoms with Crippen LogP contribution in [-0.4, -0.2) is 40.4 Å². The Morgan fingerprint density at radius 2 is 1.86 bits per heavy atom. The van der Waals surface area contributed by atoms with E-state index in [1.807, 2.05) is 25.7 Å². The zero-order chi connectivity index (χ0) is 16.5. The van der Waals surface area contributed by atoms with Crippen molar-refractivity contribution in [3.05, 3.63) is 0 Å². The quantitative estimate of drug-likeness (QED) is 0.797. The Bertz CT molecular complexity index is 400. The Kier molecular flexibility index (Phi) is 5.10. The van der Waals surface area contributed by atoms with Gasteiger partial charge in [-0.05, 0) is 51.9 Å². The first-order valence-electron chi connectivity index (χ1n) is 8.79. The molecule has 0 aromatic rings. The topological polar surface area (TPSA) is 49.8 Å². The third kappa shape index (κ3) is 3.95. The Morgan fingerprint density at radius 3 is 2.41 bits per heavy atom. The molecule has 0 aromatic heterocycles. The number of likely N-dealkylation sites (tertiary alicyclic amines) is 1. The molecule has 1 N–H and O–H groups in total. The monoisotopic (exact) mass is 311 g/mol. The number of hydrogen-bond donors (Lipinski definition) is 1. The maximum atomic E-state index is 12.6. The van der Waals surface area contributed by atoms with Gasteiger partial charge in [-0.25, -0.2) is 4.79 Å². The van der Waals surface area contributed by atoms with E-state index in [1.54, 1.807) is 0 Å². The molecule has 1 saturated carbocycles. The van der Waals surface area contributed by atoms with Crippen LogP contribution in [0.3, 0.4) is 0 Å². The molecular weight excluding hydrogens is 278 g/mol. The normalized spacial score (nSPS) is 32.6. The number of ether oxygens (including phenoxy) is 1. The summed E-state index contributed by atoms with van der Waals surface area (Å²) in [4.78, 5) is 14.5. The van der Waals surface area contributed by atoms with E-state index in [1.165, 1.54) is 0 Å². The van der Waals surface area contributed by atoms with Gasteiger partial charge in [0.25, 0.3) is 0 Å². The fraction of sp³-hybridized carbons (Fsp3) is 0.944. The average molecular weight is 311 g/mol. The zero-order valence-electron chi connectivity index (χ0n) is 14.9. The molecule has 22 heavy (non-hydrogen) atoms. The van der Waals surface area contributed by atoms with E-state index in [4.69, 9.17) is 4.74 Å². The van der Waals surface area contributed by atoms with Crippen LogP contribution >= 0.6 is 0 Å². The molecule has 3 atom stereocenters. The molecule has 0 aromatic carbocycles. The summed E-state index contributed by atoms with van der Waals surface area (Å²) in [6, 6.07) is 0.120. The minimum absolute atomic E-state index is 0.0451. The Hall–Kier alpha value is -0.770. The molecule has 2 aliphatic rings. The maximum absolute atomic E-state index is 12.6. The molecule has 1 heterocycles. The van der Waals surface area contributed by atoms with E-state index >= 15 is 0 Å². The van der Waals surface area contributed by atoms with Crippen molar-refractivity contribution < 1.29 is 14.6 Å². The van der Waals surface area contributed by atoms with Crippen LogP contribution in [-0.2, 0) is 4.74 Å². The second kappa shape index (κ2) is 6.38. The van der Waals surface area contributed by atoms with Crippen molar-refractivity contribution in [3.63, 3.8) is 0 Å². The van der Waals surface area contributed by atoms with Crippen molar-refractivity contribution >= 4 is 6.09 Å². The highest BCUT2D eigenvalue weighted by atomic mass is 16.6. The van der Waals surface area contributed by atoms with Gasteiger partial charge in [-0.1, -0.05) is 26.7 Å². The number of amides is 1. The molecule has 1 aliphatic heterocycles. The highest BCUT2D eigenvalue weighted by molar-refractivity contribution is 5.68. The molecule has 1 amide bonds. The highest BCUT2D eigenvalue weighted by Crippen LogP contribution is 2.45. The van der Waals surface area contributed by atoms with Crippen molar-refractivity contribution in [3.8, 4) is 0 Å². The molecule has 0 spiro atoms. The lowest BCUT2D eigenvalue weighted by atomic mass is 9.83. The lowest BCUT2D eigenvalue weighted by Crippen LogP contribution is -2.49. The van der Waals surface area contributed by atoms with Gasteiger partial charge in [0.05, 0.1) is 6.10 Å². The second-order valence-corrected chi connectivity index (χ2v) is 8.73. The molecular formula is C18H33NO3. The number of hydrogen-bond acceptors (Lipinski definition) is 3. The number of aliphatic hydroxyl groups is 1. The fourth-order valence-corrected chi connectivity index (χ4v) is 3.95. The van der Waals surface area contributed by atoms with Gasteiger partial charge in [0.15, 0.2) is 0 Å². The summed E-state index contributed by atoms with van der Waals surface area (Å²) in [5.74, 6) is 0.181. The van der Waals surface area contributed by atoms with Crippen LogP contribution in [0.4, 0.5) is 4.79 Å². The number of rotatable bonds is 1. The number of aliphatic hydroxyl groups excluding tert-OH is 1. The largest absolute Gasteiger partial charge is 0.444 e. The van der Waals surface area contributed by atoms with Gasteiger partial charge in [0.1, 0.15) is 5.60 Å². The standard InChI is InChI=1S/C18H33NO3/c1-17(2,3)22-16(21)19-12-8-6-7-9-14(19)13-10-11-18(4,5)15(13)20/h13-15,20H,6-12H2,1-5H3. The first kappa shape index (κ1) is 17.6. The van der Waals surface area contributed by atoms with Gasteiger partial charge in [0.2, 0.25) is 0 Å². The lowest BCUT2D eigenvalue weighted by Gasteiger charge is -2.38. The van der Waals surface area contributed by atoms with Crippen LogP contribution in [0, 0.1) is 11.3 Å². The number of carbonyl (C=O) groups excluding carboxylic acids is 1. The number of carbonyl (C=O) groups is 1. The van der Waals surface area contributed by atoms with Crippen LogP contribution in [0.1, 0.15) is 73.1 Å². The smallest absolute Gasteiger partial charge is 0.410 e. The minimum atomic E-state index is -0.471. The van der Waals surface area contributed by atoms with E-state index in [2.05, 4.69) is 13.8 Å². The summed E-state index contributed by atoms with van der Waals surface area (Å²) in [7, 11) is 0. The van der Waals surface area contributed by atoms with Gasteiger partial charge in [-0.3, -0.25) is 0 Å². The average Bonchev–Trinajstić information content (AvgIpc) is 2.57. The summed E-state index contributed by atoms with van der Waals surface area (Å²) in [6.45, 7) is 10.7. The van der Waals surface area contributed by atoms with Gasteiger partial charge in [-0.15, -0.1) is 0 Å². The Labute approximate surface area is 135 Å². The van der Waals surface area contributed by atoms with Crippen molar-refractivity contribution in [2.24, 2.45) is 11.3 Å². The second-order valence-electron chi connectivity index (χ2n) is 8.73. The van der Waals surface area contributed by atoms with E-state index in [9.17, 15) is 9.90 Å². The van der Waals surface area contributed by atoms with Crippen LogP contribution in [0.15, 0.2) is 0 Å². The molecule has 1 aliphatic carbocycles. The van der Waals surface area contributed by atoms with E-state index < -0.39 is 5.60 Å². The minimum Gasteiger partial charge on any atom is -0.444 e. The molecule has 1 saturated heterocycles. The SMILES string of the molecule is CC(C)(C)OC(=O)N1CCCCCC1C1CCC(C)(C)C1O. The Morgan fingerprint density at radius 1 is 1.18 bits per heavy atom. The van der Waals surface area contributed by atoms with Crippen molar-refractivity contribution in [2.75, 3.05) is 6.54 Å². The first-order chi connectivity index (χ1) is 10.1. The van der Waals surface area contributed by atoms with Crippen molar-refractivity contribution in [1.29, 1.82) is 0 Å². The summed E-state index contributed by atoms with van der Waals surface area (Å²) in [5, 5.41) is 10.7. The molecule has 0 radical (unpaired) electrons. The number of nitrogens with zero attached hydrogens (tertiary/aromatic N) is 1. The molecule has 2 fully saturated rings. The van der Waals surface area contributed by atoms with Gasteiger partial charge < -0.3 is 14.7 Å². The van der Waals surface area contributed by atoms with Crippen LogP contribution in [0.5, 0.6) is 0 Å². The summed E-state index contributed by atoms with van der Waals surface area (Å²) in [5.41, 5.74) is -0.516. The summed E-state index contributed by atoms with van der Waals surface area (Å²) in [6.07, 6.45) is 5.78. The van der Waals surface area contributed by atoms with Crippen LogP contribution < -0.4 is 0 Å². The molecule has 4 heteroatoms. The molecule has 0 bridgehead atoms. The summed E-state index contributed by atoms with van der Waals surface area (Å²) < 4.78 is 5.62. The lowest BCUT2D eigenvalue weighted by molar-refractivity contribution is -0.0148. The zero-order valence-corrected chi connectivity index (χ0v) is 14.9. The van der Waals surface area contributed by atoms with Gasteiger partial charge >= 0.3 is 6.09 Å². The first-order valence-corrected chi connectivity index (χ1v) is 8.79. The Balaban J connectivity index is 2.16. The van der Waals surface area contributed by atoms with Crippen LogP contribution in [0.2, 0.25) is 0 Å². The molecule has 2 rings (SSSR count). The fourth-order valence-electron chi connectivity index (χ4n) is 3.95.